The van der Waals surface area contributed by atoms with Crippen molar-refractivity contribution in [2.45, 2.75) is 26.7 Å². The van der Waals surface area contributed by atoms with E-state index in [1.54, 1.807) is 6.07 Å². The van der Waals surface area contributed by atoms with Gasteiger partial charge in [-0.25, -0.2) is 0 Å². The van der Waals surface area contributed by atoms with Crippen molar-refractivity contribution in [1.29, 1.82) is 0 Å². The maximum Gasteiger partial charge on any atom is 0.115 e. The summed E-state index contributed by atoms with van der Waals surface area (Å²) in [6.07, 6.45) is 2.34. The van der Waals surface area contributed by atoms with E-state index in [1.165, 1.54) is 12.0 Å². The molecule has 0 unspecified atom stereocenters. The lowest BCUT2D eigenvalue weighted by Gasteiger charge is -2.44. The van der Waals surface area contributed by atoms with Gasteiger partial charge in [-0.3, -0.25) is 0 Å². The molecule has 1 aliphatic rings. The lowest BCUT2D eigenvalue weighted by atomic mass is 9.71. The molecule has 0 atom stereocenters. The number of rotatable bonds is 4. The fraction of sp³-hybridized carbons (Fsp3) is 0.571. The summed E-state index contributed by atoms with van der Waals surface area (Å²) in [5.74, 6) is 1.11. The van der Waals surface area contributed by atoms with Crippen LogP contribution in [0.2, 0.25) is 0 Å². The van der Waals surface area contributed by atoms with Crippen LogP contribution in [0.25, 0.3) is 0 Å². The van der Waals surface area contributed by atoms with Gasteiger partial charge in [0.2, 0.25) is 0 Å². The zero-order valence-electron chi connectivity index (χ0n) is 10.2. The Morgan fingerprint density at radius 2 is 2.12 bits per heavy atom. The molecule has 1 heterocycles. The monoisotopic (exact) mass is 219 g/mol. The van der Waals surface area contributed by atoms with Crippen LogP contribution in [0.4, 0.5) is 0 Å². The van der Waals surface area contributed by atoms with E-state index < -0.39 is 0 Å². The Balaban J connectivity index is 2.06. The summed E-state index contributed by atoms with van der Waals surface area (Å²) < 4.78 is 0. The molecule has 1 saturated heterocycles. The van der Waals surface area contributed by atoms with Gasteiger partial charge < -0.3 is 10.4 Å². The van der Waals surface area contributed by atoms with Crippen molar-refractivity contribution in [2.75, 3.05) is 13.1 Å². The minimum Gasteiger partial charge on any atom is -0.508 e. The van der Waals surface area contributed by atoms with Crippen LogP contribution in [-0.4, -0.2) is 18.2 Å². The SMILES string of the molecule is CC(C)CC1(Cc2cccc(O)c2)CNC1. The van der Waals surface area contributed by atoms with Gasteiger partial charge in [-0.1, -0.05) is 26.0 Å². The second kappa shape index (κ2) is 4.46. The molecule has 2 heteroatoms. The van der Waals surface area contributed by atoms with Crippen LogP contribution >= 0.6 is 0 Å². The second-order valence-electron chi connectivity index (χ2n) is 5.55. The number of phenols is 1. The predicted octanol–water partition coefficient (Wildman–Crippen LogP) is 2.57. The van der Waals surface area contributed by atoms with Gasteiger partial charge >= 0.3 is 0 Å². The van der Waals surface area contributed by atoms with Crippen LogP contribution in [0.5, 0.6) is 5.75 Å². The van der Waals surface area contributed by atoms with Crippen LogP contribution in [0.15, 0.2) is 24.3 Å². The third-order valence-corrected chi connectivity index (χ3v) is 3.33. The number of phenolic OH excluding ortho intramolecular Hbond substituents is 1. The molecule has 1 aromatic rings. The van der Waals surface area contributed by atoms with E-state index in [2.05, 4.69) is 25.2 Å². The van der Waals surface area contributed by atoms with E-state index >= 15 is 0 Å². The summed E-state index contributed by atoms with van der Waals surface area (Å²) in [6.45, 7) is 6.78. The first kappa shape index (κ1) is 11.5. The van der Waals surface area contributed by atoms with Crippen molar-refractivity contribution < 1.29 is 5.11 Å². The highest BCUT2D eigenvalue weighted by atomic mass is 16.3. The smallest absolute Gasteiger partial charge is 0.115 e. The third kappa shape index (κ3) is 2.56. The third-order valence-electron chi connectivity index (χ3n) is 3.33. The highest BCUT2D eigenvalue weighted by molar-refractivity contribution is 5.28. The summed E-state index contributed by atoms with van der Waals surface area (Å²) in [6, 6.07) is 7.66. The van der Waals surface area contributed by atoms with E-state index in [-0.39, 0.29) is 0 Å². The van der Waals surface area contributed by atoms with Crippen LogP contribution in [0.3, 0.4) is 0 Å². The van der Waals surface area contributed by atoms with E-state index in [1.807, 2.05) is 12.1 Å². The van der Waals surface area contributed by atoms with Crippen molar-refractivity contribution in [3.63, 3.8) is 0 Å². The Labute approximate surface area is 97.7 Å². The standard InChI is InChI=1S/C14H21NO/c1-11(2)7-14(9-15-10-14)8-12-4-3-5-13(16)6-12/h3-6,11,15-16H,7-10H2,1-2H3. The Morgan fingerprint density at radius 3 is 2.62 bits per heavy atom. The van der Waals surface area contributed by atoms with Crippen LogP contribution in [0, 0.1) is 11.3 Å². The average Bonchev–Trinajstić information content (AvgIpc) is 2.13. The quantitative estimate of drug-likeness (QED) is 0.815. The van der Waals surface area contributed by atoms with Crippen LogP contribution in [-0.2, 0) is 6.42 Å². The van der Waals surface area contributed by atoms with Gasteiger partial charge in [-0.15, -0.1) is 0 Å². The van der Waals surface area contributed by atoms with Gasteiger partial charge in [0.25, 0.3) is 0 Å². The Kier molecular flexibility index (Phi) is 3.20. The van der Waals surface area contributed by atoms with E-state index in [0.717, 1.165) is 25.4 Å². The molecule has 2 rings (SSSR count). The molecule has 0 spiro atoms. The summed E-state index contributed by atoms with van der Waals surface area (Å²) in [4.78, 5) is 0. The molecule has 1 aromatic carbocycles. The van der Waals surface area contributed by atoms with Crippen molar-refractivity contribution >= 4 is 0 Å². The molecular formula is C14H21NO. The fourth-order valence-corrected chi connectivity index (χ4v) is 2.79. The van der Waals surface area contributed by atoms with Gasteiger partial charge in [0, 0.05) is 13.1 Å². The summed E-state index contributed by atoms with van der Waals surface area (Å²) in [7, 11) is 0. The van der Waals surface area contributed by atoms with E-state index in [9.17, 15) is 5.11 Å². The zero-order chi connectivity index (χ0) is 11.6. The molecule has 0 aliphatic carbocycles. The lowest BCUT2D eigenvalue weighted by Crippen LogP contribution is -2.55. The summed E-state index contributed by atoms with van der Waals surface area (Å²) in [5.41, 5.74) is 1.67. The average molecular weight is 219 g/mol. The first-order chi connectivity index (χ1) is 7.60. The van der Waals surface area contributed by atoms with Gasteiger partial charge in [-0.2, -0.15) is 0 Å². The fourth-order valence-electron chi connectivity index (χ4n) is 2.79. The number of nitrogens with one attached hydrogen (secondary N) is 1. The Hall–Kier alpha value is -1.02. The summed E-state index contributed by atoms with van der Waals surface area (Å²) >= 11 is 0. The Morgan fingerprint density at radius 1 is 1.38 bits per heavy atom. The highest BCUT2D eigenvalue weighted by Gasteiger charge is 2.37. The second-order valence-corrected chi connectivity index (χ2v) is 5.55. The van der Waals surface area contributed by atoms with E-state index in [0.29, 0.717) is 11.2 Å². The summed E-state index contributed by atoms with van der Waals surface area (Å²) in [5, 5.41) is 12.8. The number of aromatic hydroxyl groups is 1. The van der Waals surface area contributed by atoms with Crippen molar-refractivity contribution in [3.05, 3.63) is 29.8 Å². The zero-order valence-corrected chi connectivity index (χ0v) is 10.2. The number of hydrogen-bond acceptors (Lipinski definition) is 2. The maximum atomic E-state index is 9.47. The van der Waals surface area contributed by atoms with Gasteiger partial charge in [0.05, 0.1) is 0 Å². The first-order valence-corrected chi connectivity index (χ1v) is 6.08. The minimum absolute atomic E-state index is 0.379. The molecule has 0 amide bonds. The van der Waals surface area contributed by atoms with Crippen molar-refractivity contribution in [3.8, 4) is 5.75 Å². The molecule has 1 fully saturated rings. The molecule has 1 aliphatic heterocycles. The van der Waals surface area contributed by atoms with Gasteiger partial charge in [-0.05, 0) is 41.9 Å². The normalized spacial score (nSPS) is 18.4. The number of benzene rings is 1. The van der Waals surface area contributed by atoms with Crippen molar-refractivity contribution in [1.82, 2.24) is 5.32 Å². The molecule has 0 radical (unpaired) electrons. The molecule has 2 nitrogen and oxygen atoms in total. The lowest BCUT2D eigenvalue weighted by molar-refractivity contribution is 0.131. The van der Waals surface area contributed by atoms with Crippen LogP contribution in [0.1, 0.15) is 25.8 Å². The van der Waals surface area contributed by atoms with Crippen molar-refractivity contribution in [2.24, 2.45) is 11.3 Å². The topological polar surface area (TPSA) is 32.3 Å². The molecule has 2 N–H and O–H groups in total. The first-order valence-electron chi connectivity index (χ1n) is 6.08. The molecule has 88 valence electrons. The largest absolute Gasteiger partial charge is 0.508 e. The molecule has 16 heavy (non-hydrogen) atoms. The van der Waals surface area contributed by atoms with E-state index in [4.69, 9.17) is 0 Å². The number of hydrogen-bond donors (Lipinski definition) is 2. The minimum atomic E-state index is 0.379. The molecule has 0 aromatic heterocycles. The van der Waals surface area contributed by atoms with Crippen LogP contribution < -0.4 is 5.32 Å². The molecular weight excluding hydrogens is 198 g/mol. The molecule has 0 saturated carbocycles. The molecule has 0 bridgehead atoms. The maximum absolute atomic E-state index is 9.47. The van der Waals surface area contributed by atoms with Gasteiger partial charge in [0.15, 0.2) is 0 Å². The predicted molar refractivity (Wildman–Crippen MR) is 66.6 cm³/mol. The van der Waals surface area contributed by atoms with Gasteiger partial charge in [0.1, 0.15) is 5.75 Å². The Bertz CT molecular complexity index is 356. The highest BCUT2D eigenvalue weighted by Crippen LogP contribution is 2.35.